The molecule has 0 atom stereocenters. The van der Waals surface area contributed by atoms with Gasteiger partial charge in [0.1, 0.15) is 0 Å². The fraction of sp³-hybridized carbons (Fsp3) is 0.333. The van der Waals surface area contributed by atoms with E-state index in [2.05, 4.69) is 54.6 Å². The minimum Gasteiger partial charge on any atom is -0.0587 e. The van der Waals surface area contributed by atoms with Crippen LogP contribution in [0.4, 0.5) is 0 Å². The maximum absolute atomic E-state index is 3.11. The van der Waals surface area contributed by atoms with E-state index in [-0.39, 0.29) is 0 Å². The van der Waals surface area contributed by atoms with E-state index in [9.17, 15) is 0 Å². The molecule has 1 heteroatoms. The second kappa shape index (κ2) is 3.37. The molecule has 1 aromatic carbocycles. The molecule has 0 unspecified atom stereocenters. The molecule has 0 amide bonds. The molecule has 0 aliphatic heterocycles. The van der Waals surface area contributed by atoms with Gasteiger partial charge in [0, 0.05) is 3.57 Å². The van der Waals surface area contributed by atoms with Crippen molar-refractivity contribution in [3.05, 3.63) is 33.4 Å². The van der Waals surface area contributed by atoms with Crippen molar-refractivity contribution in [1.82, 2.24) is 0 Å². The van der Waals surface area contributed by atoms with Crippen molar-refractivity contribution in [2.75, 3.05) is 0 Å². The summed E-state index contributed by atoms with van der Waals surface area (Å²) in [5, 5.41) is 0. The molecular formula is C9H10I. The lowest BCUT2D eigenvalue weighted by molar-refractivity contribution is 0.865. The van der Waals surface area contributed by atoms with Gasteiger partial charge in [-0.3, -0.25) is 0 Å². The minimum absolute atomic E-state index is 0.628. The Hall–Kier alpha value is -0.0500. The second-order valence-electron chi connectivity index (χ2n) is 2.62. The van der Waals surface area contributed by atoms with E-state index < -0.39 is 0 Å². The summed E-state index contributed by atoms with van der Waals surface area (Å²) in [6.07, 6.45) is 0. The van der Waals surface area contributed by atoms with Crippen LogP contribution in [0.15, 0.2) is 18.2 Å². The largest absolute Gasteiger partial charge is 0.0587 e. The van der Waals surface area contributed by atoms with Gasteiger partial charge in [-0.05, 0) is 46.2 Å². The van der Waals surface area contributed by atoms with Crippen molar-refractivity contribution in [2.24, 2.45) is 0 Å². The molecule has 0 bridgehead atoms. The van der Waals surface area contributed by atoms with Crippen LogP contribution in [-0.4, -0.2) is 0 Å². The summed E-state index contributed by atoms with van der Waals surface area (Å²) in [6.45, 7) is 4.40. The molecule has 0 nitrogen and oxygen atoms in total. The number of hydrogen-bond donors (Lipinski definition) is 0. The number of halogens is 1. The fourth-order valence-electron chi connectivity index (χ4n) is 0.813. The molecule has 0 saturated carbocycles. The lowest BCUT2D eigenvalue weighted by Crippen LogP contribution is -1.86. The zero-order valence-corrected chi connectivity index (χ0v) is 8.34. The van der Waals surface area contributed by atoms with Gasteiger partial charge in [-0.2, -0.15) is 0 Å². The van der Waals surface area contributed by atoms with Crippen LogP contribution in [-0.2, 0) is 0 Å². The van der Waals surface area contributed by atoms with Gasteiger partial charge in [0.2, 0.25) is 0 Å². The first-order valence-electron chi connectivity index (χ1n) is 3.37. The van der Waals surface area contributed by atoms with Gasteiger partial charge in [0.05, 0.1) is 0 Å². The zero-order chi connectivity index (χ0) is 7.56. The van der Waals surface area contributed by atoms with E-state index in [4.69, 9.17) is 0 Å². The standard InChI is InChI=1S/C9H10I/c1-7(2)8-4-3-5-9(10)6-8/h3-4,6-7H,1-2H3. The van der Waals surface area contributed by atoms with Gasteiger partial charge in [-0.1, -0.05) is 26.0 Å². The third-order valence-electron chi connectivity index (χ3n) is 1.46. The maximum Gasteiger partial charge on any atom is 0.0212 e. The van der Waals surface area contributed by atoms with Crippen LogP contribution >= 0.6 is 22.6 Å². The summed E-state index contributed by atoms with van der Waals surface area (Å²) >= 11 is 2.28. The molecular weight excluding hydrogens is 235 g/mol. The molecule has 1 aromatic rings. The zero-order valence-electron chi connectivity index (χ0n) is 6.19. The summed E-state index contributed by atoms with van der Waals surface area (Å²) in [6, 6.07) is 9.39. The molecule has 0 aromatic heterocycles. The predicted molar refractivity (Wildman–Crippen MR) is 52.1 cm³/mol. The molecule has 0 fully saturated rings. The third-order valence-corrected chi connectivity index (χ3v) is 2.08. The summed E-state index contributed by atoms with van der Waals surface area (Å²) in [7, 11) is 0. The van der Waals surface area contributed by atoms with Gasteiger partial charge >= 0.3 is 0 Å². The first-order valence-corrected chi connectivity index (χ1v) is 4.45. The van der Waals surface area contributed by atoms with Crippen LogP contribution in [0.5, 0.6) is 0 Å². The van der Waals surface area contributed by atoms with Crippen LogP contribution < -0.4 is 0 Å². The lowest BCUT2D eigenvalue weighted by atomic mass is 10.0. The normalized spacial score (nSPS) is 10.4. The van der Waals surface area contributed by atoms with Crippen molar-refractivity contribution in [2.45, 2.75) is 19.8 Å². The van der Waals surface area contributed by atoms with Crippen LogP contribution in [0.2, 0.25) is 0 Å². The molecule has 0 spiro atoms. The Bertz CT molecular complexity index is 216. The highest BCUT2D eigenvalue weighted by molar-refractivity contribution is 14.1. The van der Waals surface area contributed by atoms with Crippen molar-refractivity contribution in [3.8, 4) is 0 Å². The number of rotatable bonds is 1. The molecule has 0 aliphatic carbocycles. The van der Waals surface area contributed by atoms with Crippen molar-refractivity contribution in [1.29, 1.82) is 0 Å². The van der Waals surface area contributed by atoms with E-state index in [1.807, 2.05) is 6.07 Å². The molecule has 1 rings (SSSR count). The Labute approximate surface area is 75.8 Å². The Morgan fingerprint density at radius 1 is 1.50 bits per heavy atom. The van der Waals surface area contributed by atoms with Crippen molar-refractivity contribution < 1.29 is 0 Å². The van der Waals surface area contributed by atoms with Gasteiger partial charge in [0.15, 0.2) is 0 Å². The molecule has 53 valence electrons. The van der Waals surface area contributed by atoms with Crippen LogP contribution in [0, 0.1) is 9.64 Å². The molecule has 0 aliphatic rings. The highest BCUT2D eigenvalue weighted by Gasteiger charge is 1.97. The van der Waals surface area contributed by atoms with Gasteiger partial charge in [-0.15, -0.1) is 0 Å². The summed E-state index contributed by atoms with van der Waals surface area (Å²) in [4.78, 5) is 0. The monoisotopic (exact) mass is 245 g/mol. The average Bonchev–Trinajstić information content (AvgIpc) is 1.88. The average molecular weight is 245 g/mol. The predicted octanol–water partition coefficient (Wildman–Crippen LogP) is 3.21. The third kappa shape index (κ3) is 1.97. The molecule has 0 N–H and O–H groups in total. The van der Waals surface area contributed by atoms with Gasteiger partial charge < -0.3 is 0 Å². The molecule has 0 heterocycles. The second-order valence-corrected chi connectivity index (χ2v) is 3.79. The highest BCUT2D eigenvalue weighted by atomic mass is 127. The van der Waals surface area contributed by atoms with Crippen LogP contribution in [0.1, 0.15) is 25.3 Å². The summed E-state index contributed by atoms with van der Waals surface area (Å²) < 4.78 is 1.20. The van der Waals surface area contributed by atoms with E-state index >= 15 is 0 Å². The Kier molecular flexibility index (Phi) is 2.72. The number of benzene rings is 1. The van der Waals surface area contributed by atoms with Crippen LogP contribution in [0.3, 0.4) is 0 Å². The first kappa shape index (κ1) is 8.05. The van der Waals surface area contributed by atoms with E-state index in [0.717, 1.165) is 0 Å². The Morgan fingerprint density at radius 2 is 2.20 bits per heavy atom. The lowest BCUT2D eigenvalue weighted by Gasteiger charge is -2.03. The quantitative estimate of drug-likeness (QED) is 0.666. The molecule has 0 saturated heterocycles. The highest BCUT2D eigenvalue weighted by Crippen LogP contribution is 2.15. The van der Waals surface area contributed by atoms with Gasteiger partial charge in [-0.25, -0.2) is 0 Å². The smallest absolute Gasteiger partial charge is 0.0212 e. The fourth-order valence-corrected chi connectivity index (χ4v) is 1.35. The van der Waals surface area contributed by atoms with Crippen LogP contribution in [0.25, 0.3) is 0 Å². The van der Waals surface area contributed by atoms with E-state index in [1.165, 1.54) is 9.13 Å². The molecule has 10 heavy (non-hydrogen) atoms. The Balaban J connectivity index is 2.96. The maximum atomic E-state index is 3.11. The van der Waals surface area contributed by atoms with Gasteiger partial charge in [0.25, 0.3) is 0 Å². The summed E-state index contributed by atoms with van der Waals surface area (Å²) in [5.74, 6) is 0.628. The minimum atomic E-state index is 0.628. The van der Waals surface area contributed by atoms with Crippen molar-refractivity contribution in [3.63, 3.8) is 0 Å². The van der Waals surface area contributed by atoms with E-state index in [1.54, 1.807) is 0 Å². The first-order chi connectivity index (χ1) is 4.70. The molecule has 1 radical (unpaired) electrons. The van der Waals surface area contributed by atoms with Crippen molar-refractivity contribution >= 4 is 22.6 Å². The number of hydrogen-bond acceptors (Lipinski definition) is 0. The summed E-state index contributed by atoms with van der Waals surface area (Å²) in [5.41, 5.74) is 1.39. The SMILES string of the molecule is CC(C)c1cc[c]c(I)c1. The topological polar surface area (TPSA) is 0 Å². The Morgan fingerprint density at radius 3 is 2.60 bits per heavy atom. The van der Waals surface area contributed by atoms with E-state index in [0.29, 0.717) is 5.92 Å².